The number of carbonyl (C=O) groups is 4. The molecule has 0 spiro atoms. The van der Waals surface area contributed by atoms with Gasteiger partial charge in [-0.3, -0.25) is 19.1 Å². The van der Waals surface area contributed by atoms with Gasteiger partial charge in [-0.15, -0.1) is 6.58 Å². The highest BCUT2D eigenvalue weighted by atomic mass is 32.2. The molecule has 51 heavy (non-hydrogen) atoms. The number of pyridine rings is 1. The molecule has 1 aliphatic heterocycles. The number of sulfonamides is 1. The molecule has 0 radical (unpaired) electrons. The van der Waals surface area contributed by atoms with E-state index in [2.05, 4.69) is 26.9 Å². The second-order valence-corrected chi connectivity index (χ2v) is 16.6. The second-order valence-electron chi connectivity index (χ2n) is 14.6. The highest BCUT2D eigenvalue weighted by Crippen LogP contribution is 2.45. The molecule has 3 N–H and O–H groups in total. The Bertz CT molecular complexity index is 1970. The summed E-state index contributed by atoms with van der Waals surface area (Å²) in [6, 6.07) is 13.9. The summed E-state index contributed by atoms with van der Waals surface area (Å²) in [4.78, 5) is 61.0. The van der Waals surface area contributed by atoms with Crippen LogP contribution >= 0.6 is 0 Å². The van der Waals surface area contributed by atoms with Gasteiger partial charge in [0.15, 0.2) is 0 Å². The topological polar surface area (TPSA) is 173 Å². The fourth-order valence-corrected chi connectivity index (χ4v) is 7.78. The van der Waals surface area contributed by atoms with Gasteiger partial charge < -0.3 is 25.0 Å². The summed E-state index contributed by atoms with van der Waals surface area (Å²) in [6.45, 7) is 11.0. The maximum absolute atomic E-state index is 14.5. The zero-order chi connectivity index (χ0) is 36.7. The average Bonchev–Trinajstić information content (AvgIpc) is 4.01. The van der Waals surface area contributed by atoms with Gasteiger partial charge in [0, 0.05) is 23.9 Å². The zero-order valence-corrected chi connectivity index (χ0v) is 29.9. The molecule has 1 saturated heterocycles. The molecule has 2 saturated carbocycles. The number of hydrogen-bond donors (Lipinski definition) is 3. The number of nitrogens with one attached hydrogen (secondary N) is 3. The average molecular weight is 718 g/mol. The third-order valence-electron chi connectivity index (χ3n) is 9.62. The number of ether oxygens (including phenoxy) is 2. The summed E-state index contributed by atoms with van der Waals surface area (Å²) in [7, 11) is -3.89. The van der Waals surface area contributed by atoms with E-state index < -0.39 is 74.1 Å². The lowest BCUT2D eigenvalue weighted by Crippen LogP contribution is -2.60. The Morgan fingerprint density at radius 1 is 1.06 bits per heavy atom. The Morgan fingerprint density at radius 2 is 1.76 bits per heavy atom. The molecule has 13 nitrogen and oxygen atoms in total. The molecule has 2 heterocycles. The standard InChI is InChI=1S/C37H43N5O8S/c1-6-24-20-37(24,34(45)41-51(47,48)27-15-16-27)40-31(43)29-19-26(49-32-28-10-8-7-9-23(28)17-18-38-32)21-42(29)33(44)30(36(3,4)5)39-35(46)50-25-13-11-22(2)12-14-25/h6-14,17-18,24,26-27,29-30H,1,15-16,19-21H2,2-5H3,(H,39,46)(H,40,43)(H,41,45)/t24-,26-,29+,30?,37-/m1/s1. The number of likely N-dealkylation sites (tertiary alicyclic amines) is 1. The van der Waals surface area contributed by atoms with Crippen molar-refractivity contribution in [2.24, 2.45) is 11.3 Å². The first-order valence-corrected chi connectivity index (χ1v) is 18.5. The molecule has 3 aromatic rings. The van der Waals surface area contributed by atoms with Crippen LogP contribution in [0, 0.1) is 18.3 Å². The highest BCUT2D eigenvalue weighted by molar-refractivity contribution is 7.91. The van der Waals surface area contributed by atoms with Crippen LogP contribution in [0.15, 0.2) is 73.4 Å². The fourth-order valence-electron chi connectivity index (χ4n) is 6.41. The van der Waals surface area contributed by atoms with E-state index in [0.717, 1.165) is 16.3 Å². The number of nitrogens with zero attached hydrogens (tertiary/aromatic N) is 2. The molecule has 0 bridgehead atoms. The SMILES string of the molecule is C=C[C@@H]1C[C@]1(NC(=O)[C@@H]1C[C@@H](Oc2nccc3ccccc23)CN1C(=O)C(NC(=O)Oc1ccc(C)cc1)C(C)(C)C)C(=O)NS(=O)(=O)C1CC1. The molecule has 14 heteroatoms. The van der Waals surface area contributed by atoms with Gasteiger partial charge in [-0.25, -0.2) is 18.2 Å². The third-order valence-corrected chi connectivity index (χ3v) is 11.4. The lowest BCUT2D eigenvalue weighted by atomic mass is 9.85. The van der Waals surface area contributed by atoms with Gasteiger partial charge in [-0.05, 0) is 61.3 Å². The van der Waals surface area contributed by atoms with E-state index in [1.54, 1.807) is 51.2 Å². The second kappa shape index (κ2) is 13.6. The smallest absolute Gasteiger partial charge is 0.413 e. The molecule has 6 rings (SSSR count). The van der Waals surface area contributed by atoms with E-state index in [4.69, 9.17) is 9.47 Å². The van der Waals surface area contributed by atoms with Gasteiger partial charge >= 0.3 is 6.09 Å². The van der Waals surface area contributed by atoms with Crippen LogP contribution in [0.5, 0.6) is 11.6 Å². The molecular formula is C37H43N5O8S. The summed E-state index contributed by atoms with van der Waals surface area (Å²) < 4.78 is 39.3. The number of hydrogen-bond acceptors (Lipinski definition) is 9. The van der Waals surface area contributed by atoms with Crippen molar-refractivity contribution in [2.75, 3.05) is 6.54 Å². The van der Waals surface area contributed by atoms with Crippen LogP contribution in [0.2, 0.25) is 0 Å². The summed E-state index contributed by atoms with van der Waals surface area (Å²) >= 11 is 0. The number of amides is 4. The van der Waals surface area contributed by atoms with Crippen molar-refractivity contribution in [3.8, 4) is 11.6 Å². The van der Waals surface area contributed by atoms with Crippen LogP contribution in [0.25, 0.3) is 10.8 Å². The van der Waals surface area contributed by atoms with E-state index in [0.29, 0.717) is 24.5 Å². The van der Waals surface area contributed by atoms with Gasteiger partial charge in [0.1, 0.15) is 29.5 Å². The minimum Gasteiger partial charge on any atom is -0.472 e. The number of fused-ring (bicyclic) bond motifs is 1. The van der Waals surface area contributed by atoms with Crippen molar-refractivity contribution >= 4 is 44.6 Å². The molecule has 2 aromatic carbocycles. The molecular weight excluding hydrogens is 675 g/mol. The first kappa shape index (κ1) is 35.8. The predicted molar refractivity (Wildman–Crippen MR) is 189 cm³/mol. The van der Waals surface area contributed by atoms with Crippen LogP contribution in [0.1, 0.15) is 52.0 Å². The van der Waals surface area contributed by atoms with Gasteiger partial charge in [0.2, 0.25) is 27.7 Å². The normalized spacial score (nSPS) is 23.5. The number of aromatic nitrogens is 1. The van der Waals surface area contributed by atoms with E-state index in [-0.39, 0.29) is 19.4 Å². The van der Waals surface area contributed by atoms with Crippen molar-refractivity contribution in [3.05, 3.63) is 79.0 Å². The Balaban J connectivity index is 1.27. The maximum atomic E-state index is 14.5. The molecule has 270 valence electrons. The highest BCUT2D eigenvalue weighted by Gasteiger charge is 2.62. The molecule has 3 fully saturated rings. The summed E-state index contributed by atoms with van der Waals surface area (Å²) in [5.41, 5.74) is -1.40. The number of carbonyl (C=O) groups excluding carboxylic acids is 4. The molecule has 3 aliphatic rings. The van der Waals surface area contributed by atoms with E-state index >= 15 is 0 Å². The summed E-state index contributed by atoms with van der Waals surface area (Å²) in [6.07, 6.45) is 2.66. The van der Waals surface area contributed by atoms with E-state index in [1.807, 2.05) is 37.3 Å². The van der Waals surface area contributed by atoms with Crippen LogP contribution in [0.3, 0.4) is 0 Å². The Hall–Kier alpha value is -4.98. The van der Waals surface area contributed by atoms with Crippen molar-refractivity contribution in [1.29, 1.82) is 0 Å². The minimum atomic E-state index is -3.89. The molecule has 2 aliphatic carbocycles. The Morgan fingerprint density at radius 3 is 2.41 bits per heavy atom. The van der Waals surface area contributed by atoms with Gasteiger partial charge in [-0.1, -0.05) is 62.7 Å². The molecule has 4 amide bonds. The fraction of sp³-hybridized carbons (Fsp3) is 0.432. The van der Waals surface area contributed by atoms with E-state index in [1.165, 1.54) is 11.0 Å². The third kappa shape index (κ3) is 7.70. The largest absolute Gasteiger partial charge is 0.472 e. The van der Waals surface area contributed by atoms with Gasteiger partial charge in [-0.2, -0.15) is 0 Å². The van der Waals surface area contributed by atoms with Crippen molar-refractivity contribution in [1.82, 2.24) is 25.2 Å². The van der Waals surface area contributed by atoms with Crippen LogP contribution < -0.4 is 24.8 Å². The monoisotopic (exact) mass is 717 g/mol. The maximum Gasteiger partial charge on any atom is 0.413 e. The summed E-state index contributed by atoms with van der Waals surface area (Å²) in [5, 5.41) is 6.49. The minimum absolute atomic E-state index is 0.0317. The number of aryl methyl sites for hydroxylation is 1. The molecule has 1 aromatic heterocycles. The molecule has 5 atom stereocenters. The first-order chi connectivity index (χ1) is 24.1. The Labute approximate surface area is 297 Å². The predicted octanol–water partition coefficient (Wildman–Crippen LogP) is 3.76. The lowest BCUT2D eigenvalue weighted by Gasteiger charge is -2.35. The van der Waals surface area contributed by atoms with Crippen LogP contribution in [-0.2, 0) is 24.4 Å². The number of benzene rings is 2. The number of rotatable bonds is 11. The van der Waals surface area contributed by atoms with E-state index in [9.17, 15) is 27.6 Å². The van der Waals surface area contributed by atoms with Crippen molar-refractivity contribution < 1.29 is 37.1 Å². The quantitative estimate of drug-likeness (QED) is 0.250. The lowest BCUT2D eigenvalue weighted by molar-refractivity contribution is -0.142. The van der Waals surface area contributed by atoms with Gasteiger partial charge in [0.05, 0.1) is 11.8 Å². The Kier molecular flexibility index (Phi) is 9.57. The van der Waals surface area contributed by atoms with Crippen LogP contribution in [-0.4, -0.2) is 77.6 Å². The van der Waals surface area contributed by atoms with Gasteiger partial charge in [0.25, 0.3) is 5.91 Å². The first-order valence-electron chi connectivity index (χ1n) is 17.0. The molecule has 1 unspecified atom stereocenters. The van der Waals surface area contributed by atoms with Crippen LogP contribution in [0.4, 0.5) is 4.79 Å². The zero-order valence-electron chi connectivity index (χ0n) is 29.0. The van der Waals surface area contributed by atoms with Crippen molar-refractivity contribution in [3.63, 3.8) is 0 Å². The van der Waals surface area contributed by atoms with Crippen molar-refractivity contribution in [2.45, 2.75) is 82.4 Å². The summed E-state index contributed by atoms with van der Waals surface area (Å²) in [5.74, 6) is -1.97.